The minimum Gasteiger partial charge on any atom is -0.496 e. The standard InChI is InChI=1S/C15H24N2O3/c1-5-6-15(9-16,14(18)19)7-12-11(3)13(20-4)10(2)8-17-12/h8H,5-7,9,16H2,1-4H3,(H,18,19). The fourth-order valence-electron chi connectivity index (χ4n) is 2.58. The van der Waals surface area contributed by atoms with Crippen LogP contribution in [0.4, 0.5) is 0 Å². The number of aryl methyl sites for hydroxylation is 1. The van der Waals surface area contributed by atoms with Crippen molar-refractivity contribution in [3.8, 4) is 5.75 Å². The van der Waals surface area contributed by atoms with Crippen LogP contribution in [0.3, 0.4) is 0 Å². The minimum absolute atomic E-state index is 0.105. The second-order valence-electron chi connectivity index (χ2n) is 5.26. The van der Waals surface area contributed by atoms with E-state index in [1.165, 1.54) is 0 Å². The highest BCUT2D eigenvalue weighted by Crippen LogP contribution is 2.32. The minimum atomic E-state index is -0.952. The first-order valence-electron chi connectivity index (χ1n) is 6.84. The summed E-state index contributed by atoms with van der Waals surface area (Å²) < 4.78 is 5.37. The van der Waals surface area contributed by atoms with Gasteiger partial charge in [0.1, 0.15) is 5.75 Å². The Hall–Kier alpha value is -1.62. The fraction of sp³-hybridized carbons (Fsp3) is 0.600. The molecule has 0 spiro atoms. The van der Waals surface area contributed by atoms with E-state index in [-0.39, 0.29) is 6.54 Å². The first-order chi connectivity index (χ1) is 9.41. The van der Waals surface area contributed by atoms with Gasteiger partial charge in [0.25, 0.3) is 0 Å². The van der Waals surface area contributed by atoms with E-state index in [4.69, 9.17) is 10.5 Å². The Balaban J connectivity index is 3.21. The predicted octanol–water partition coefficient (Wildman–Crippen LogP) is 2.08. The number of hydrogen-bond acceptors (Lipinski definition) is 4. The van der Waals surface area contributed by atoms with E-state index in [9.17, 15) is 9.90 Å². The van der Waals surface area contributed by atoms with Gasteiger partial charge < -0.3 is 15.6 Å². The number of hydrogen-bond donors (Lipinski definition) is 2. The van der Waals surface area contributed by atoms with Crippen molar-refractivity contribution in [3.63, 3.8) is 0 Å². The molecule has 0 radical (unpaired) electrons. The maximum absolute atomic E-state index is 11.6. The fourth-order valence-corrected chi connectivity index (χ4v) is 2.58. The van der Waals surface area contributed by atoms with Crippen molar-refractivity contribution in [1.29, 1.82) is 0 Å². The van der Waals surface area contributed by atoms with Gasteiger partial charge in [0.15, 0.2) is 0 Å². The van der Waals surface area contributed by atoms with E-state index >= 15 is 0 Å². The van der Waals surface area contributed by atoms with Gasteiger partial charge in [-0.2, -0.15) is 0 Å². The average Bonchev–Trinajstić information content (AvgIpc) is 2.41. The van der Waals surface area contributed by atoms with Crippen molar-refractivity contribution in [2.24, 2.45) is 11.1 Å². The van der Waals surface area contributed by atoms with Crippen LogP contribution < -0.4 is 10.5 Å². The van der Waals surface area contributed by atoms with Gasteiger partial charge in [-0.05, 0) is 20.3 Å². The van der Waals surface area contributed by atoms with Crippen LogP contribution in [-0.4, -0.2) is 29.7 Å². The summed E-state index contributed by atoms with van der Waals surface area (Å²) in [6.45, 7) is 5.89. The van der Waals surface area contributed by atoms with Crippen LogP contribution in [-0.2, 0) is 11.2 Å². The number of aromatic nitrogens is 1. The third kappa shape index (κ3) is 3.10. The molecule has 1 heterocycles. The molecule has 0 aromatic carbocycles. The number of carboxylic acids is 1. The van der Waals surface area contributed by atoms with Gasteiger partial charge in [-0.1, -0.05) is 13.3 Å². The zero-order valence-electron chi connectivity index (χ0n) is 12.7. The summed E-state index contributed by atoms with van der Waals surface area (Å²) in [7, 11) is 1.61. The summed E-state index contributed by atoms with van der Waals surface area (Å²) in [5.41, 5.74) is 7.38. The van der Waals surface area contributed by atoms with E-state index < -0.39 is 11.4 Å². The molecule has 1 aromatic heterocycles. The molecule has 1 aromatic rings. The number of nitrogens with zero attached hydrogens (tertiary/aromatic N) is 1. The van der Waals surface area contributed by atoms with Crippen molar-refractivity contribution in [1.82, 2.24) is 4.98 Å². The molecule has 3 N–H and O–H groups in total. The van der Waals surface area contributed by atoms with Crippen molar-refractivity contribution < 1.29 is 14.6 Å². The monoisotopic (exact) mass is 280 g/mol. The smallest absolute Gasteiger partial charge is 0.311 e. The molecular weight excluding hydrogens is 256 g/mol. The van der Waals surface area contributed by atoms with Crippen LogP contribution in [0, 0.1) is 19.3 Å². The molecule has 0 aliphatic heterocycles. The lowest BCUT2D eigenvalue weighted by atomic mass is 9.78. The van der Waals surface area contributed by atoms with E-state index in [1.54, 1.807) is 13.3 Å². The normalized spacial score (nSPS) is 13.8. The molecule has 112 valence electrons. The van der Waals surface area contributed by atoms with E-state index in [1.807, 2.05) is 20.8 Å². The third-order valence-electron chi connectivity index (χ3n) is 3.83. The molecule has 1 rings (SSSR count). The molecule has 0 saturated carbocycles. The zero-order valence-corrected chi connectivity index (χ0v) is 12.7. The van der Waals surface area contributed by atoms with Gasteiger partial charge in [-0.3, -0.25) is 9.78 Å². The first-order valence-corrected chi connectivity index (χ1v) is 6.84. The van der Waals surface area contributed by atoms with Crippen molar-refractivity contribution in [2.75, 3.05) is 13.7 Å². The van der Waals surface area contributed by atoms with E-state index in [2.05, 4.69) is 4.98 Å². The Labute approximate surface area is 120 Å². The Morgan fingerprint density at radius 3 is 2.60 bits per heavy atom. The van der Waals surface area contributed by atoms with Crippen LogP contribution in [0.5, 0.6) is 5.75 Å². The Bertz CT molecular complexity index is 488. The Morgan fingerprint density at radius 1 is 1.50 bits per heavy atom. The van der Waals surface area contributed by atoms with Gasteiger partial charge >= 0.3 is 5.97 Å². The number of pyridine rings is 1. The van der Waals surface area contributed by atoms with Crippen LogP contribution in [0.1, 0.15) is 36.6 Å². The maximum Gasteiger partial charge on any atom is 0.311 e. The number of rotatable bonds is 7. The summed E-state index contributed by atoms with van der Waals surface area (Å²) in [6, 6.07) is 0. The molecule has 5 heteroatoms. The second kappa shape index (κ2) is 6.70. The van der Waals surface area contributed by atoms with Gasteiger partial charge in [0.2, 0.25) is 0 Å². The van der Waals surface area contributed by atoms with Crippen LogP contribution in [0.2, 0.25) is 0 Å². The lowest BCUT2D eigenvalue weighted by Gasteiger charge is -2.28. The summed E-state index contributed by atoms with van der Waals surface area (Å²) in [5, 5.41) is 9.55. The Kier molecular flexibility index (Phi) is 5.51. The number of aliphatic carboxylic acids is 1. The summed E-state index contributed by atoms with van der Waals surface area (Å²) >= 11 is 0. The van der Waals surface area contributed by atoms with Crippen molar-refractivity contribution in [2.45, 2.75) is 40.0 Å². The number of carbonyl (C=O) groups is 1. The number of methoxy groups -OCH3 is 1. The molecule has 5 nitrogen and oxygen atoms in total. The van der Waals surface area contributed by atoms with Gasteiger partial charge in [0.05, 0.1) is 12.5 Å². The van der Waals surface area contributed by atoms with Gasteiger partial charge in [0, 0.05) is 36.0 Å². The second-order valence-corrected chi connectivity index (χ2v) is 5.26. The highest BCUT2D eigenvalue weighted by atomic mass is 16.5. The SMILES string of the molecule is CCCC(CN)(Cc1ncc(C)c(OC)c1C)C(=O)O. The van der Waals surface area contributed by atoms with Gasteiger partial charge in [-0.25, -0.2) is 0 Å². The summed E-state index contributed by atoms with van der Waals surface area (Å²) in [5.74, 6) is -0.0922. The molecular formula is C15H24N2O3. The van der Waals surface area contributed by atoms with E-state index in [0.29, 0.717) is 12.8 Å². The lowest BCUT2D eigenvalue weighted by Crippen LogP contribution is -2.41. The maximum atomic E-state index is 11.6. The molecule has 20 heavy (non-hydrogen) atoms. The van der Waals surface area contributed by atoms with Crippen LogP contribution in [0.25, 0.3) is 0 Å². The highest BCUT2D eigenvalue weighted by Gasteiger charge is 2.37. The topological polar surface area (TPSA) is 85.4 Å². The van der Waals surface area contributed by atoms with Crippen molar-refractivity contribution in [3.05, 3.63) is 23.0 Å². The molecule has 0 amide bonds. The molecule has 0 aliphatic rings. The predicted molar refractivity (Wildman–Crippen MR) is 78.0 cm³/mol. The molecule has 0 bridgehead atoms. The quantitative estimate of drug-likeness (QED) is 0.798. The first kappa shape index (κ1) is 16.4. The molecule has 1 unspecified atom stereocenters. The van der Waals surface area contributed by atoms with Crippen LogP contribution in [0.15, 0.2) is 6.20 Å². The van der Waals surface area contributed by atoms with Crippen molar-refractivity contribution >= 4 is 5.97 Å². The molecule has 0 fully saturated rings. The third-order valence-corrected chi connectivity index (χ3v) is 3.83. The molecule has 0 saturated heterocycles. The molecule has 0 aliphatic carbocycles. The zero-order chi connectivity index (χ0) is 15.3. The van der Waals surface area contributed by atoms with Crippen LogP contribution >= 0.6 is 0 Å². The molecule has 1 atom stereocenters. The Morgan fingerprint density at radius 2 is 2.15 bits per heavy atom. The van der Waals surface area contributed by atoms with Gasteiger partial charge in [-0.15, -0.1) is 0 Å². The summed E-state index contributed by atoms with van der Waals surface area (Å²) in [4.78, 5) is 16.0. The number of nitrogens with two attached hydrogens (primary N) is 1. The highest BCUT2D eigenvalue weighted by molar-refractivity contribution is 5.75. The lowest BCUT2D eigenvalue weighted by molar-refractivity contribution is -0.148. The van der Waals surface area contributed by atoms with E-state index in [0.717, 1.165) is 29.0 Å². The largest absolute Gasteiger partial charge is 0.496 e. The summed E-state index contributed by atoms with van der Waals surface area (Å²) in [6.07, 6.45) is 3.35. The number of ether oxygens (including phenoxy) is 1. The average molecular weight is 280 g/mol. The number of carboxylic acid groups (broad SMARTS) is 1.